The van der Waals surface area contributed by atoms with Gasteiger partial charge in [0.05, 0.1) is 13.0 Å². The Kier molecular flexibility index (Phi) is 4.76. The molecule has 0 spiro atoms. The van der Waals surface area contributed by atoms with Gasteiger partial charge in [0.1, 0.15) is 11.3 Å². The zero-order chi connectivity index (χ0) is 15.5. The molecule has 0 saturated carbocycles. The third kappa shape index (κ3) is 3.50. The molecule has 0 aromatic heterocycles. The normalized spacial score (nSPS) is 12.7. The molecule has 1 aromatic carbocycles. The van der Waals surface area contributed by atoms with Crippen LogP contribution in [0.4, 0.5) is 0 Å². The summed E-state index contributed by atoms with van der Waals surface area (Å²) in [6.07, 6.45) is 0. The van der Waals surface area contributed by atoms with Gasteiger partial charge in [0.15, 0.2) is 0 Å². The van der Waals surface area contributed by atoms with E-state index in [1.165, 1.54) is 13.8 Å². The van der Waals surface area contributed by atoms with E-state index >= 15 is 0 Å². The third-order valence-electron chi connectivity index (χ3n) is 3.31. The van der Waals surface area contributed by atoms with Crippen molar-refractivity contribution in [3.63, 3.8) is 0 Å². The molecule has 1 unspecified atom stereocenters. The molecular formula is C15H21NO4. The molecule has 110 valence electrons. The molecule has 2 N–H and O–H groups in total. The van der Waals surface area contributed by atoms with Crippen LogP contribution >= 0.6 is 0 Å². The SMILES string of the molecule is COc1ccc(C(C)C(=O)NC(C)(C)C(=O)O)c(C)c1. The Bertz CT molecular complexity index is 523. The molecule has 5 heteroatoms. The monoisotopic (exact) mass is 279 g/mol. The Labute approximate surface area is 118 Å². The minimum atomic E-state index is -1.29. The predicted molar refractivity (Wildman–Crippen MR) is 76.0 cm³/mol. The Morgan fingerprint density at radius 1 is 1.35 bits per heavy atom. The first kappa shape index (κ1) is 16.0. The highest BCUT2D eigenvalue weighted by Gasteiger charge is 2.31. The van der Waals surface area contributed by atoms with Gasteiger partial charge < -0.3 is 15.2 Å². The number of benzene rings is 1. The van der Waals surface area contributed by atoms with Gasteiger partial charge in [-0.2, -0.15) is 0 Å². The van der Waals surface area contributed by atoms with Crippen LogP contribution in [0.5, 0.6) is 5.75 Å². The summed E-state index contributed by atoms with van der Waals surface area (Å²) in [4.78, 5) is 23.2. The largest absolute Gasteiger partial charge is 0.497 e. The topological polar surface area (TPSA) is 75.6 Å². The first-order valence-corrected chi connectivity index (χ1v) is 6.39. The summed E-state index contributed by atoms with van der Waals surface area (Å²) in [5, 5.41) is 11.6. The highest BCUT2D eigenvalue weighted by Crippen LogP contribution is 2.24. The molecule has 0 fully saturated rings. The van der Waals surface area contributed by atoms with Gasteiger partial charge in [-0.1, -0.05) is 6.07 Å². The summed E-state index contributed by atoms with van der Waals surface area (Å²) >= 11 is 0. The molecule has 0 aliphatic heterocycles. The van der Waals surface area contributed by atoms with Gasteiger partial charge in [-0.3, -0.25) is 4.79 Å². The Balaban J connectivity index is 2.92. The predicted octanol–water partition coefficient (Wildman–Crippen LogP) is 2.09. The minimum absolute atomic E-state index is 0.314. The first-order valence-electron chi connectivity index (χ1n) is 6.39. The molecule has 20 heavy (non-hydrogen) atoms. The molecule has 5 nitrogen and oxygen atoms in total. The number of hydrogen-bond donors (Lipinski definition) is 2. The van der Waals surface area contributed by atoms with Crippen LogP contribution in [0.25, 0.3) is 0 Å². The maximum absolute atomic E-state index is 12.2. The number of carbonyl (C=O) groups excluding carboxylic acids is 1. The van der Waals surface area contributed by atoms with Crippen LogP contribution < -0.4 is 10.1 Å². The zero-order valence-electron chi connectivity index (χ0n) is 12.5. The van der Waals surface area contributed by atoms with Crippen LogP contribution in [0.3, 0.4) is 0 Å². The third-order valence-corrected chi connectivity index (χ3v) is 3.31. The van der Waals surface area contributed by atoms with Gasteiger partial charge in [-0.25, -0.2) is 4.79 Å². The molecule has 1 aromatic rings. The Morgan fingerprint density at radius 3 is 2.40 bits per heavy atom. The molecule has 0 aliphatic rings. The Morgan fingerprint density at radius 2 is 1.95 bits per heavy atom. The number of ether oxygens (including phenoxy) is 1. The number of aliphatic carboxylic acids is 1. The lowest BCUT2D eigenvalue weighted by atomic mass is 9.94. The average molecular weight is 279 g/mol. The van der Waals surface area contributed by atoms with Crippen LogP contribution in [0, 0.1) is 6.92 Å². The fraction of sp³-hybridized carbons (Fsp3) is 0.467. The van der Waals surface area contributed by atoms with Crippen LogP contribution in [-0.4, -0.2) is 29.6 Å². The van der Waals surface area contributed by atoms with Crippen LogP contribution in [0.1, 0.15) is 37.8 Å². The highest BCUT2D eigenvalue weighted by molar-refractivity contribution is 5.89. The van der Waals surface area contributed by atoms with Gasteiger partial charge in [0.25, 0.3) is 0 Å². The molecule has 1 rings (SSSR count). The van der Waals surface area contributed by atoms with E-state index in [2.05, 4.69) is 5.32 Å². The number of carbonyl (C=O) groups is 2. The fourth-order valence-corrected chi connectivity index (χ4v) is 1.87. The van der Waals surface area contributed by atoms with E-state index in [9.17, 15) is 9.59 Å². The van der Waals surface area contributed by atoms with Gasteiger partial charge in [0, 0.05) is 0 Å². The second-order valence-corrected chi connectivity index (χ2v) is 5.36. The van der Waals surface area contributed by atoms with Crippen molar-refractivity contribution >= 4 is 11.9 Å². The van der Waals surface area contributed by atoms with E-state index in [0.29, 0.717) is 0 Å². The first-order chi connectivity index (χ1) is 9.19. The van der Waals surface area contributed by atoms with Crippen molar-refractivity contribution in [3.05, 3.63) is 29.3 Å². The van der Waals surface area contributed by atoms with Gasteiger partial charge in [-0.15, -0.1) is 0 Å². The maximum atomic E-state index is 12.2. The summed E-state index contributed by atoms with van der Waals surface area (Å²) in [6, 6.07) is 5.46. The van der Waals surface area contributed by atoms with E-state index in [-0.39, 0.29) is 5.91 Å². The van der Waals surface area contributed by atoms with Crippen molar-refractivity contribution in [2.75, 3.05) is 7.11 Å². The smallest absolute Gasteiger partial charge is 0.328 e. The summed E-state index contributed by atoms with van der Waals surface area (Å²) in [7, 11) is 1.58. The van der Waals surface area contributed by atoms with E-state index in [1.54, 1.807) is 20.1 Å². The maximum Gasteiger partial charge on any atom is 0.328 e. The second kappa shape index (κ2) is 5.94. The van der Waals surface area contributed by atoms with Crippen molar-refractivity contribution < 1.29 is 19.4 Å². The molecule has 0 heterocycles. The molecule has 0 bridgehead atoms. The number of aryl methyl sites for hydroxylation is 1. The van der Waals surface area contributed by atoms with Crippen molar-refractivity contribution in [3.8, 4) is 5.75 Å². The van der Waals surface area contributed by atoms with E-state index in [0.717, 1.165) is 16.9 Å². The van der Waals surface area contributed by atoms with Crippen molar-refractivity contribution in [2.24, 2.45) is 0 Å². The van der Waals surface area contributed by atoms with E-state index in [4.69, 9.17) is 9.84 Å². The summed E-state index contributed by atoms with van der Waals surface area (Å²) in [5.74, 6) is -1.08. The van der Waals surface area contributed by atoms with Gasteiger partial charge >= 0.3 is 5.97 Å². The van der Waals surface area contributed by atoms with Crippen LogP contribution in [-0.2, 0) is 9.59 Å². The standard InChI is InChI=1S/C15H21NO4/c1-9-8-11(20-5)6-7-12(9)10(2)13(17)16-15(3,4)14(18)19/h6-8,10H,1-5H3,(H,16,17)(H,18,19). The fourth-order valence-electron chi connectivity index (χ4n) is 1.87. The molecule has 1 amide bonds. The number of methoxy groups -OCH3 is 1. The summed E-state index contributed by atoms with van der Waals surface area (Å²) in [6.45, 7) is 6.56. The lowest BCUT2D eigenvalue weighted by Crippen LogP contribution is -2.50. The Hall–Kier alpha value is -2.04. The average Bonchev–Trinajstić information content (AvgIpc) is 2.37. The molecule has 1 atom stereocenters. The number of amides is 1. The quantitative estimate of drug-likeness (QED) is 0.865. The zero-order valence-corrected chi connectivity index (χ0v) is 12.5. The number of carboxylic acids is 1. The highest BCUT2D eigenvalue weighted by atomic mass is 16.5. The minimum Gasteiger partial charge on any atom is -0.497 e. The van der Waals surface area contributed by atoms with Gasteiger partial charge in [0.2, 0.25) is 5.91 Å². The summed E-state index contributed by atoms with van der Waals surface area (Å²) < 4.78 is 5.12. The molecule has 0 saturated heterocycles. The molecular weight excluding hydrogens is 258 g/mol. The van der Waals surface area contributed by atoms with E-state index in [1.807, 2.05) is 19.1 Å². The lowest BCUT2D eigenvalue weighted by Gasteiger charge is -2.24. The molecule has 0 radical (unpaired) electrons. The number of hydrogen-bond acceptors (Lipinski definition) is 3. The summed E-state index contributed by atoms with van der Waals surface area (Å²) in [5.41, 5.74) is 0.496. The van der Waals surface area contributed by atoms with Crippen molar-refractivity contribution in [1.82, 2.24) is 5.32 Å². The number of nitrogens with one attached hydrogen (secondary N) is 1. The molecule has 0 aliphatic carbocycles. The lowest BCUT2D eigenvalue weighted by molar-refractivity contribution is -0.146. The van der Waals surface area contributed by atoms with E-state index < -0.39 is 17.4 Å². The van der Waals surface area contributed by atoms with Crippen molar-refractivity contribution in [2.45, 2.75) is 39.2 Å². The van der Waals surface area contributed by atoms with Crippen molar-refractivity contribution in [1.29, 1.82) is 0 Å². The number of rotatable bonds is 5. The van der Waals surface area contributed by atoms with Gasteiger partial charge in [-0.05, 0) is 51.0 Å². The number of carboxylic acid groups (broad SMARTS) is 1. The van der Waals surface area contributed by atoms with Crippen LogP contribution in [0.15, 0.2) is 18.2 Å². The second-order valence-electron chi connectivity index (χ2n) is 5.36. The van der Waals surface area contributed by atoms with Crippen LogP contribution in [0.2, 0.25) is 0 Å².